The molecule has 2 heterocycles. The van der Waals surface area contributed by atoms with Gasteiger partial charge >= 0.3 is 0 Å². The van der Waals surface area contributed by atoms with E-state index in [0.29, 0.717) is 5.82 Å². The van der Waals surface area contributed by atoms with Gasteiger partial charge in [-0.2, -0.15) is 0 Å². The van der Waals surface area contributed by atoms with Gasteiger partial charge in [0.2, 0.25) is 0 Å². The van der Waals surface area contributed by atoms with Crippen LogP contribution in [0.1, 0.15) is 31.0 Å². The molecule has 2 rings (SSSR count). The van der Waals surface area contributed by atoms with Crippen LogP contribution in [0.2, 0.25) is 0 Å². The summed E-state index contributed by atoms with van der Waals surface area (Å²) in [6, 6.07) is 1.49. The van der Waals surface area contributed by atoms with E-state index in [9.17, 15) is 0 Å². The molecule has 0 saturated heterocycles. The summed E-state index contributed by atoms with van der Waals surface area (Å²) in [6.45, 7) is 3.02. The summed E-state index contributed by atoms with van der Waals surface area (Å²) >= 11 is 0. The van der Waals surface area contributed by atoms with Crippen LogP contribution in [0.3, 0.4) is 0 Å². The summed E-state index contributed by atoms with van der Waals surface area (Å²) in [5, 5.41) is 0. The first-order valence-corrected chi connectivity index (χ1v) is 5.61. The molecule has 0 aromatic carbocycles. The lowest BCUT2D eigenvalue weighted by molar-refractivity contribution is 0.525. The molecule has 0 saturated carbocycles. The molecule has 0 aliphatic carbocycles. The van der Waals surface area contributed by atoms with Crippen LogP contribution in [0.5, 0.6) is 0 Å². The van der Waals surface area contributed by atoms with Gasteiger partial charge in [0.15, 0.2) is 5.82 Å². The fourth-order valence-electron chi connectivity index (χ4n) is 1.74. The van der Waals surface area contributed by atoms with Crippen LogP contribution < -0.4 is 11.3 Å². The Hall–Kier alpha value is -1.79. The molecule has 0 bridgehead atoms. The second-order valence-electron chi connectivity index (χ2n) is 3.69. The quantitative estimate of drug-likeness (QED) is 0.584. The molecule has 0 fully saturated rings. The highest BCUT2D eigenvalue weighted by Crippen LogP contribution is 2.16. The van der Waals surface area contributed by atoms with Crippen LogP contribution in [0.4, 0.5) is 0 Å². The second kappa shape index (κ2) is 5.51. The van der Waals surface area contributed by atoms with Crippen molar-refractivity contribution in [1.29, 1.82) is 0 Å². The van der Waals surface area contributed by atoms with E-state index in [-0.39, 0.29) is 6.04 Å². The Morgan fingerprint density at radius 3 is 2.71 bits per heavy atom. The highest BCUT2D eigenvalue weighted by molar-refractivity contribution is 5.11. The fraction of sp³-hybridized carbons (Fsp3) is 0.364. The van der Waals surface area contributed by atoms with Crippen LogP contribution in [-0.4, -0.2) is 19.5 Å². The lowest BCUT2D eigenvalue weighted by atomic mass is 10.2. The molecule has 17 heavy (non-hydrogen) atoms. The Morgan fingerprint density at radius 2 is 2.06 bits per heavy atom. The first kappa shape index (κ1) is 11.7. The number of hydrazine groups is 1. The van der Waals surface area contributed by atoms with Gasteiger partial charge in [0, 0.05) is 31.3 Å². The predicted molar refractivity (Wildman–Crippen MR) is 63.7 cm³/mol. The van der Waals surface area contributed by atoms with Crippen molar-refractivity contribution in [1.82, 2.24) is 24.9 Å². The van der Waals surface area contributed by atoms with Gasteiger partial charge in [-0.05, 0) is 12.5 Å². The third-order valence-electron chi connectivity index (χ3n) is 2.48. The zero-order valence-electron chi connectivity index (χ0n) is 9.74. The van der Waals surface area contributed by atoms with Gasteiger partial charge in [0.25, 0.3) is 0 Å². The largest absolute Gasteiger partial charge is 0.333 e. The van der Waals surface area contributed by atoms with Crippen molar-refractivity contribution < 1.29 is 0 Å². The normalized spacial score (nSPS) is 12.6. The van der Waals surface area contributed by atoms with Crippen LogP contribution in [-0.2, 0) is 6.54 Å². The highest BCUT2D eigenvalue weighted by atomic mass is 15.3. The maximum absolute atomic E-state index is 5.58. The van der Waals surface area contributed by atoms with Gasteiger partial charge in [-0.25, -0.2) is 20.4 Å². The molecular weight excluding hydrogens is 216 g/mol. The topological polar surface area (TPSA) is 81.7 Å². The lowest BCUT2D eigenvalue weighted by Crippen LogP contribution is -2.32. The monoisotopic (exact) mass is 232 g/mol. The maximum atomic E-state index is 5.58. The number of nitrogens with one attached hydrogen (secondary N) is 1. The Morgan fingerprint density at radius 1 is 1.29 bits per heavy atom. The molecule has 2 aromatic heterocycles. The summed E-state index contributed by atoms with van der Waals surface area (Å²) in [5.74, 6) is 7.04. The van der Waals surface area contributed by atoms with Crippen LogP contribution in [0, 0.1) is 0 Å². The summed E-state index contributed by atoms with van der Waals surface area (Å²) in [6.07, 6.45) is 8.13. The highest BCUT2D eigenvalue weighted by Gasteiger charge is 2.19. The molecule has 6 heteroatoms. The van der Waals surface area contributed by atoms with Crippen molar-refractivity contribution in [2.75, 3.05) is 0 Å². The van der Waals surface area contributed by atoms with E-state index in [1.54, 1.807) is 24.7 Å². The van der Waals surface area contributed by atoms with Crippen LogP contribution in [0.25, 0.3) is 0 Å². The SMILES string of the molecule is CCCn1ccnc1C(NN)c1ncccn1. The maximum Gasteiger partial charge on any atom is 0.154 e. The Bertz CT molecular complexity index is 452. The molecule has 0 aliphatic rings. The Kier molecular flexibility index (Phi) is 3.79. The number of imidazole rings is 1. The van der Waals surface area contributed by atoms with Gasteiger partial charge in [-0.3, -0.25) is 5.84 Å². The van der Waals surface area contributed by atoms with E-state index in [0.717, 1.165) is 18.8 Å². The number of nitrogens with two attached hydrogens (primary N) is 1. The van der Waals surface area contributed by atoms with E-state index in [2.05, 4.69) is 31.9 Å². The molecule has 1 unspecified atom stereocenters. The molecular formula is C11H16N6. The van der Waals surface area contributed by atoms with Crippen molar-refractivity contribution >= 4 is 0 Å². The van der Waals surface area contributed by atoms with E-state index in [1.807, 2.05) is 6.20 Å². The van der Waals surface area contributed by atoms with E-state index in [1.165, 1.54) is 0 Å². The molecule has 6 nitrogen and oxygen atoms in total. The van der Waals surface area contributed by atoms with Crippen LogP contribution >= 0.6 is 0 Å². The van der Waals surface area contributed by atoms with E-state index in [4.69, 9.17) is 5.84 Å². The van der Waals surface area contributed by atoms with Crippen molar-refractivity contribution in [3.63, 3.8) is 0 Å². The summed E-state index contributed by atoms with van der Waals surface area (Å²) in [5.41, 5.74) is 2.71. The third kappa shape index (κ3) is 2.48. The molecule has 90 valence electrons. The number of nitrogens with zero attached hydrogens (tertiary/aromatic N) is 4. The average molecular weight is 232 g/mol. The molecule has 0 radical (unpaired) electrons. The first-order chi connectivity index (χ1) is 8.36. The number of rotatable bonds is 5. The van der Waals surface area contributed by atoms with E-state index >= 15 is 0 Å². The summed E-state index contributed by atoms with van der Waals surface area (Å²) < 4.78 is 2.06. The van der Waals surface area contributed by atoms with Gasteiger partial charge in [-0.1, -0.05) is 6.92 Å². The van der Waals surface area contributed by atoms with Crippen molar-refractivity contribution in [2.24, 2.45) is 5.84 Å². The van der Waals surface area contributed by atoms with Crippen molar-refractivity contribution in [2.45, 2.75) is 25.9 Å². The second-order valence-corrected chi connectivity index (χ2v) is 3.69. The molecule has 3 N–H and O–H groups in total. The number of hydrogen-bond acceptors (Lipinski definition) is 5. The van der Waals surface area contributed by atoms with Gasteiger partial charge < -0.3 is 4.57 Å². The molecule has 0 amide bonds. The molecule has 0 aliphatic heterocycles. The van der Waals surface area contributed by atoms with Gasteiger partial charge in [-0.15, -0.1) is 0 Å². The zero-order valence-corrected chi connectivity index (χ0v) is 9.74. The van der Waals surface area contributed by atoms with Gasteiger partial charge in [0.05, 0.1) is 0 Å². The fourth-order valence-corrected chi connectivity index (χ4v) is 1.74. The Balaban J connectivity index is 2.32. The number of hydrogen-bond donors (Lipinski definition) is 2. The van der Waals surface area contributed by atoms with E-state index < -0.39 is 0 Å². The third-order valence-corrected chi connectivity index (χ3v) is 2.48. The number of aryl methyl sites for hydroxylation is 1. The minimum Gasteiger partial charge on any atom is -0.333 e. The molecule has 2 aromatic rings. The summed E-state index contributed by atoms with van der Waals surface area (Å²) in [7, 11) is 0. The molecule has 0 spiro atoms. The summed E-state index contributed by atoms with van der Waals surface area (Å²) in [4.78, 5) is 12.7. The van der Waals surface area contributed by atoms with Crippen molar-refractivity contribution in [3.8, 4) is 0 Å². The predicted octanol–water partition coefficient (Wildman–Crippen LogP) is 0.636. The minimum absolute atomic E-state index is 0.280. The minimum atomic E-state index is -0.280. The smallest absolute Gasteiger partial charge is 0.154 e. The standard InChI is InChI=1S/C11H16N6/c1-2-7-17-8-6-15-11(17)9(16-12)10-13-4-3-5-14-10/h3-6,8-9,16H,2,7,12H2,1H3. The average Bonchev–Trinajstić information content (AvgIpc) is 2.81. The Labute approximate surface area is 99.9 Å². The zero-order chi connectivity index (χ0) is 12.1. The lowest BCUT2D eigenvalue weighted by Gasteiger charge is -2.15. The first-order valence-electron chi connectivity index (χ1n) is 5.61. The van der Waals surface area contributed by atoms with Crippen molar-refractivity contribution in [3.05, 3.63) is 42.5 Å². The van der Waals surface area contributed by atoms with Crippen LogP contribution in [0.15, 0.2) is 30.9 Å². The number of aromatic nitrogens is 4. The molecule has 1 atom stereocenters. The van der Waals surface area contributed by atoms with Gasteiger partial charge in [0.1, 0.15) is 11.9 Å².